The molecule has 0 spiro atoms. The van der Waals surface area contributed by atoms with Crippen LogP contribution in [0.2, 0.25) is 6.04 Å². The largest absolute Gasteiger partial charge is 0.273 e. The van der Waals surface area contributed by atoms with Gasteiger partial charge in [-0.2, -0.15) is 0 Å². The van der Waals surface area contributed by atoms with Crippen molar-refractivity contribution >= 4 is 35.7 Å². The van der Waals surface area contributed by atoms with Crippen LogP contribution in [-0.4, -0.2) is 7.42 Å². The molecule has 0 aromatic heterocycles. The highest BCUT2D eigenvalue weighted by Gasteiger charge is 2.02. The predicted octanol–water partition coefficient (Wildman–Crippen LogP) is 4.23. The minimum Gasteiger partial charge on any atom is -0.147 e. The Balaban J connectivity index is 2.46. The van der Waals surface area contributed by atoms with Crippen LogP contribution in [0.3, 0.4) is 0 Å². The smallest absolute Gasteiger partial charge is 0.147 e. The summed E-state index contributed by atoms with van der Waals surface area (Å²) in [7, 11) is -1.10. The van der Waals surface area contributed by atoms with E-state index in [9.17, 15) is 0 Å². The maximum absolute atomic E-state index is 5.75. The van der Waals surface area contributed by atoms with Gasteiger partial charge in [0.25, 0.3) is 7.42 Å². The van der Waals surface area contributed by atoms with Crippen LogP contribution in [0.15, 0.2) is 30.8 Å². The van der Waals surface area contributed by atoms with Gasteiger partial charge in [-0.1, -0.05) is 36.9 Å². The molecule has 0 aliphatic carbocycles. The van der Waals surface area contributed by atoms with Gasteiger partial charge in [0, 0.05) is 0 Å². The molecule has 1 rings (SSSR count). The van der Waals surface area contributed by atoms with E-state index in [0.29, 0.717) is 0 Å². The Morgan fingerprint density at radius 1 is 1.36 bits per heavy atom. The first kappa shape index (κ1) is 11.8. The standard InChI is InChI=1S/C11H13Cl2Si/c1-2-10-5-3-6-11(9-10)7-4-8-14(12)13/h2-3,5-6,9H,1,4,7-8H2. The summed E-state index contributed by atoms with van der Waals surface area (Å²) in [4.78, 5) is 0. The summed E-state index contributed by atoms with van der Waals surface area (Å²) in [5.41, 5.74) is 2.50. The number of aryl methyl sites for hydroxylation is 1. The van der Waals surface area contributed by atoms with Crippen LogP contribution in [0.5, 0.6) is 0 Å². The van der Waals surface area contributed by atoms with Gasteiger partial charge in [0.1, 0.15) is 0 Å². The average molecular weight is 244 g/mol. The summed E-state index contributed by atoms with van der Waals surface area (Å²) in [6.45, 7) is 3.74. The minimum absolute atomic E-state index is 0.950. The van der Waals surface area contributed by atoms with Crippen LogP contribution < -0.4 is 0 Å². The molecule has 0 amide bonds. The monoisotopic (exact) mass is 243 g/mol. The Bertz CT molecular complexity index is 297. The molecule has 0 saturated heterocycles. The maximum Gasteiger partial charge on any atom is 0.273 e. The van der Waals surface area contributed by atoms with Crippen molar-refractivity contribution in [2.45, 2.75) is 18.9 Å². The summed E-state index contributed by atoms with van der Waals surface area (Å²) in [5.74, 6) is 0. The van der Waals surface area contributed by atoms with E-state index < -0.39 is 7.42 Å². The van der Waals surface area contributed by atoms with Gasteiger partial charge in [-0.3, -0.25) is 0 Å². The van der Waals surface area contributed by atoms with Crippen LogP contribution in [-0.2, 0) is 6.42 Å². The molecule has 0 fully saturated rings. The van der Waals surface area contributed by atoms with E-state index in [1.165, 1.54) is 11.1 Å². The summed E-state index contributed by atoms with van der Waals surface area (Å²) in [6.07, 6.45) is 3.99. The fourth-order valence-electron chi connectivity index (χ4n) is 1.30. The number of halogens is 2. The fraction of sp³-hybridized carbons (Fsp3) is 0.273. The molecular weight excluding hydrogens is 231 g/mol. The first-order valence-corrected chi connectivity index (χ1v) is 8.33. The molecule has 0 N–H and O–H groups in total. The molecule has 0 nitrogen and oxygen atoms in total. The molecule has 14 heavy (non-hydrogen) atoms. The van der Waals surface area contributed by atoms with Gasteiger partial charge < -0.3 is 0 Å². The zero-order valence-corrected chi connectivity index (χ0v) is 10.5. The molecule has 1 aromatic carbocycles. The number of hydrogen-bond donors (Lipinski definition) is 0. The van der Waals surface area contributed by atoms with Gasteiger partial charge in [0.05, 0.1) is 0 Å². The quantitative estimate of drug-likeness (QED) is 0.537. The van der Waals surface area contributed by atoms with Crippen LogP contribution in [0.4, 0.5) is 0 Å². The van der Waals surface area contributed by atoms with Crippen molar-refractivity contribution in [3.05, 3.63) is 42.0 Å². The highest BCUT2D eigenvalue weighted by molar-refractivity contribution is 7.33. The highest BCUT2D eigenvalue weighted by atomic mass is 35.7. The topological polar surface area (TPSA) is 0 Å². The normalized spacial score (nSPS) is 10.5. The zero-order valence-electron chi connectivity index (χ0n) is 7.97. The molecule has 3 heteroatoms. The summed E-state index contributed by atoms with van der Waals surface area (Å²) in [6, 6.07) is 9.34. The summed E-state index contributed by atoms with van der Waals surface area (Å²) in [5, 5.41) is 0. The third kappa shape index (κ3) is 4.31. The van der Waals surface area contributed by atoms with E-state index in [1.807, 2.05) is 6.08 Å². The first-order valence-electron chi connectivity index (χ1n) is 4.60. The number of rotatable bonds is 5. The second-order valence-corrected chi connectivity index (χ2v) is 7.64. The molecule has 0 bridgehead atoms. The molecule has 1 aromatic rings. The van der Waals surface area contributed by atoms with Crippen LogP contribution in [0.1, 0.15) is 17.5 Å². The van der Waals surface area contributed by atoms with Gasteiger partial charge >= 0.3 is 0 Å². The lowest BCUT2D eigenvalue weighted by molar-refractivity contribution is 0.916. The summed E-state index contributed by atoms with van der Waals surface area (Å²) >= 11 is 11.5. The van der Waals surface area contributed by atoms with E-state index in [2.05, 4.69) is 30.8 Å². The molecule has 0 aliphatic heterocycles. The molecule has 0 aliphatic rings. The second kappa shape index (κ2) is 6.28. The molecule has 1 radical (unpaired) electrons. The Morgan fingerprint density at radius 2 is 2.14 bits per heavy atom. The van der Waals surface area contributed by atoms with Crippen molar-refractivity contribution in [1.82, 2.24) is 0 Å². The third-order valence-corrected chi connectivity index (χ3v) is 3.88. The molecular formula is C11H13Cl2Si. The lowest BCUT2D eigenvalue weighted by atomic mass is 10.1. The molecule has 75 valence electrons. The van der Waals surface area contributed by atoms with E-state index in [-0.39, 0.29) is 0 Å². The Kier molecular flexibility index (Phi) is 5.31. The third-order valence-electron chi connectivity index (χ3n) is 2.02. The van der Waals surface area contributed by atoms with E-state index in [4.69, 9.17) is 22.2 Å². The average Bonchev–Trinajstić information content (AvgIpc) is 2.18. The molecule has 0 saturated carbocycles. The van der Waals surface area contributed by atoms with Crippen molar-refractivity contribution in [1.29, 1.82) is 0 Å². The maximum atomic E-state index is 5.75. The van der Waals surface area contributed by atoms with E-state index in [0.717, 1.165) is 18.9 Å². The number of benzene rings is 1. The van der Waals surface area contributed by atoms with E-state index in [1.54, 1.807) is 0 Å². The predicted molar refractivity (Wildman–Crippen MR) is 67.1 cm³/mol. The van der Waals surface area contributed by atoms with Crippen molar-refractivity contribution in [3.63, 3.8) is 0 Å². The Hall–Kier alpha value is -0.243. The molecule has 0 atom stereocenters. The van der Waals surface area contributed by atoms with Crippen molar-refractivity contribution < 1.29 is 0 Å². The molecule has 0 heterocycles. The highest BCUT2D eigenvalue weighted by Crippen LogP contribution is 2.13. The minimum atomic E-state index is -1.10. The Morgan fingerprint density at radius 3 is 2.79 bits per heavy atom. The lowest BCUT2D eigenvalue weighted by Crippen LogP contribution is -1.94. The van der Waals surface area contributed by atoms with Gasteiger partial charge in [-0.25, -0.2) is 0 Å². The second-order valence-electron chi connectivity index (χ2n) is 3.14. The van der Waals surface area contributed by atoms with Crippen molar-refractivity contribution in [2.75, 3.05) is 0 Å². The number of hydrogen-bond acceptors (Lipinski definition) is 0. The zero-order chi connectivity index (χ0) is 10.4. The van der Waals surface area contributed by atoms with Crippen LogP contribution in [0, 0.1) is 0 Å². The van der Waals surface area contributed by atoms with Crippen LogP contribution >= 0.6 is 22.2 Å². The van der Waals surface area contributed by atoms with Crippen LogP contribution in [0.25, 0.3) is 6.08 Å². The van der Waals surface area contributed by atoms with Crippen molar-refractivity contribution in [3.8, 4) is 0 Å². The SMILES string of the molecule is C=Cc1cccc(CCC[Si](Cl)Cl)c1. The van der Waals surface area contributed by atoms with Gasteiger partial charge in [0.15, 0.2) is 0 Å². The fourth-order valence-corrected chi connectivity index (χ4v) is 2.55. The first-order chi connectivity index (χ1) is 6.72. The van der Waals surface area contributed by atoms with Gasteiger partial charge in [-0.15, -0.1) is 22.2 Å². The van der Waals surface area contributed by atoms with Gasteiger partial charge in [0.2, 0.25) is 0 Å². The summed E-state index contributed by atoms with van der Waals surface area (Å²) < 4.78 is 0. The molecule has 0 unspecified atom stereocenters. The van der Waals surface area contributed by atoms with Crippen molar-refractivity contribution in [2.24, 2.45) is 0 Å². The lowest BCUT2D eigenvalue weighted by Gasteiger charge is -2.02. The Labute approximate surface area is 96.6 Å². The van der Waals surface area contributed by atoms with E-state index >= 15 is 0 Å². The van der Waals surface area contributed by atoms with Gasteiger partial charge in [-0.05, 0) is 30.0 Å².